The molecule has 0 aromatic heterocycles. The Labute approximate surface area is 130 Å². The zero-order valence-electron chi connectivity index (χ0n) is 10.3. The molecule has 3 nitrogen and oxygen atoms in total. The number of carbonyl (C=O) groups is 1. The van der Waals surface area contributed by atoms with Gasteiger partial charge in [-0.2, -0.15) is 0 Å². The van der Waals surface area contributed by atoms with Gasteiger partial charge in [-0.05, 0) is 30.3 Å². The molecule has 0 aliphatic heterocycles. The Balaban J connectivity index is 1.96. The molecule has 0 radical (unpaired) electrons. The molecule has 0 saturated heterocycles. The molecule has 2 rings (SSSR count). The van der Waals surface area contributed by atoms with Crippen LogP contribution in [-0.4, -0.2) is 16.8 Å². The summed E-state index contributed by atoms with van der Waals surface area (Å²) in [5.74, 6) is 0.156. The molecule has 1 amide bonds. The molecule has 0 unspecified atom stereocenters. The average molecular weight is 328 g/mol. The first-order chi connectivity index (χ1) is 9.56. The van der Waals surface area contributed by atoms with Gasteiger partial charge >= 0.3 is 0 Å². The second-order valence-electron chi connectivity index (χ2n) is 3.93. The van der Waals surface area contributed by atoms with Crippen molar-refractivity contribution < 1.29 is 9.90 Å². The standard InChI is InChI=1S/C14H11Cl2NO2S/c15-11-5-2-6-12(16)14(11)17-13(19)8-20-10-4-1-3-9(18)7-10/h1-7,18H,8H2,(H,17,19). The summed E-state index contributed by atoms with van der Waals surface area (Å²) in [6, 6.07) is 11.7. The molecule has 20 heavy (non-hydrogen) atoms. The lowest BCUT2D eigenvalue weighted by Gasteiger charge is -2.09. The van der Waals surface area contributed by atoms with E-state index in [0.717, 1.165) is 4.90 Å². The Morgan fingerprint density at radius 2 is 1.80 bits per heavy atom. The lowest BCUT2D eigenvalue weighted by molar-refractivity contribution is -0.113. The van der Waals surface area contributed by atoms with Crippen molar-refractivity contribution in [3.05, 3.63) is 52.5 Å². The van der Waals surface area contributed by atoms with Gasteiger partial charge in [0.15, 0.2) is 0 Å². The molecular weight excluding hydrogens is 317 g/mol. The van der Waals surface area contributed by atoms with Crippen LogP contribution in [0.3, 0.4) is 0 Å². The third-order valence-corrected chi connectivity index (χ3v) is 4.04. The number of carbonyl (C=O) groups excluding carboxylic acids is 1. The van der Waals surface area contributed by atoms with E-state index in [-0.39, 0.29) is 17.4 Å². The lowest BCUT2D eigenvalue weighted by atomic mass is 10.3. The van der Waals surface area contributed by atoms with E-state index in [0.29, 0.717) is 15.7 Å². The first-order valence-electron chi connectivity index (χ1n) is 5.72. The Morgan fingerprint density at radius 1 is 1.15 bits per heavy atom. The van der Waals surface area contributed by atoms with Crippen molar-refractivity contribution in [2.24, 2.45) is 0 Å². The quantitative estimate of drug-likeness (QED) is 0.816. The zero-order chi connectivity index (χ0) is 14.5. The SMILES string of the molecule is O=C(CSc1cccc(O)c1)Nc1c(Cl)cccc1Cl. The number of hydrogen-bond acceptors (Lipinski definition) is 3. The Kier molecular flexibility index (Phi) is 5.17. The predicted molar refractivity (Wildman–Crippen MR) is 83.9 cm³/mol. The van der Waals surface area contributed by atoms with Gasteiger partial charge in [-0.1, -0.05) is 35.3 Å². The van der Waals surface area contributed by atoms with Crippen LogP contribution in [0.1, 0.15) is 0 Å². The average Bonchev–Trinajstić information content (AvgIpc) is 2.41. The number of anilines is 1. The molecule has 0 bridgehead atoms. The summed E-state index contributed by atoms with van der Waals surface area (Å²) in [7, 11) is 0. The minimum Gasteiger partial charge on any atom is -0.508 e. The summed E-state index contributed by atoms with van der Waals surface area (Å²) < 4.78 is 0. The first kappa shape index (κ1) is 15.0. The van der Waals surface area contributed by atoms with Gasteiger partial charge < -0.3 is 10.4 Å². The van der Waals surface area contributed by atoms with Crippen molar-refractivity contribution in [2.45, 2.75) is 4.90 Å². The summed E-state index contributed by atoms with van der Waals surface area (Å²) in [4.78, 5) is 12.7. The van der Waals surface area contributed by atoms with Crippen LogP contribution in [0, 0.1) is 0 Å². The molecule has 2 aromatic carbocycles. The van der Waals surface area contributed by atoms with Crippen LogP contribution < -0.4 is 5.32 Å². The largest absolute Gasteiger partial charge is 0.508 e. The third kappa shape index (κ3) is 4.07. The number of phenols is 1. The molecule has 2 aromatic rings. The van der Waals surface area contributed by atoms with E-state index in [1.807, 2.05) is 6.07 Å². The first-order valence-corrected chi connectivity index (χ1v) is 7.46. The molecule has 2 N–H and O–H groups in total. The van der Waals surface area contributed by atoms with Gasteiger partial charge in [0.1, 0.15) is 5.75 Å². The number of nitrogens with one attached hydrogen (secondary N) is 1. The van der Waals surface area contributed by atoms with Crippen molar-refractivity contribution in [3.8, 4) is 5.75 Å². The number of halogens is 2. The molecule has 0 saturated carbocycles. The molecule has 0 aliphatic rings. The minimum atomic E-state index is -0.214. The highest BCUT2D eigenvalue weighted by atomic mass is 35.5. The molecule has 0 atom stereocenters. The van der Waals surface area contributed by atoms with Gasteiger partial charge in [-0.15, -0.1) is 11.8 Å². The van der Waals surface area contributed by atoms with Crippen molar-refractivity contribution in [1.29, 1.82) is 0 Å². The number of amides is 1. The van der Waals surface area contributed by atoms with Gasteiger partial charge in [-0.3, -0.25) is 4.79 Å². The smallest absolute Gasteiger partial charge is 0.234 e. The topological polar surface area (TPSA) is 49.3 Å². The van der Waals surface area contributed by atoms with E-state index in [1.165, 1.54) is 11.8 Å². The van der Waals surface area contributed by atoms with Crippen LogP contribution in [-0.2, 0) is 4.79 Å². The Bertz CT molecular complexity index is 614. The normalized spacial score (nSPS) is 10.3. The maximum absolute atomic E-state index is 11.9. The highest BCUT2D eigenvalue weighted by Gasteiger charge is 2.10. The molecular formula is C14H11Cl2NO2S. The number of hydrogen-bond donors (Lipinski definition) is 2. The van der Waals surface area contributed by atoms with E-state index in [2.05, 4.69) is 5.32 Å². The fraction of sp³-hybridized carbons (Fsp3) is 0.0714. The maximum Gasteiger partial charge on any atom is 0.234 e. The van der Waals surface area contributed by atoms with E-state index in [1.54, 1.807) is 36.4 Å². The van der Waals surface area contributed by atoms with E-state index < -0.39 is 0 Å². The summed E-state index contributed by atoms with van der Waals surface area (Å²) >= 11 is 13.3. The van der Waals surface area contributed by atoms with Gasteiger partial charge in [0.2, 0.25) is 5.91 Å². The lowest BCUT2D eigenvalue weighted by Crippen LogP contribution is -2.14. The van der Waals surface area contributed by atoms with Gasteiger partial charge in [0.25, 0.3) is 0 Å². The van der Waals surface area contributed by atoms with Gasteiger partial charge in [0, 0.05) is 4.90 Å². The third-order valence-electron chi connectivity index (χ3n) is 2.41. The van der Waals surface area contributed by atoms with Crippen molar-refractivity contribution in [3.63, 3.8) is 0 Å². The van der Waals surface area contributed by atoms with Crippen LogP contribution >= 0.6 is 35.0 Å². The molecule has 104 valence electrons. The van der Waals surface area contributed by atoms with Crippen molar-refractivity contribution >= 4 is 46.6 Å². The van der Waals surface area contributed by atoms with E-state index >= 15 is 0 Å². The molecule has 0 aliphatic carbocycles. The number of aromatic hydroxyl groups is 1. The minimum absolute atomic E-state index is 0.171. The predicted octanol–water partition coefficient (Wildman–Crippen LogP) is 4.43. The summed E-state index contributed by atoms with van der Waals surface area (Å²) in [5.41, 5.74) is 0.414. The van der Waals surface area contributed by atoms with Gasteiger partial charge in [-0.25, -0.2) is 0 Å². The maximum atomic E-state index is 11.9. The van der Waals surface area contributed by atoms with E-state index in [9.17, 15) is 9.90 Å². The van der Waals surface area contributed by atoms with Crippen molar-refractivity contribution in [2.75, 3.05) is 11.1 Å². The molecule has 0 heterocycles. The van der Waals surface area contributed by atoms with Gasteiger partial charge in [0.05, 0.1) is 21.5 Å². The number of phenolic OH excluding ortho intramolecular Hbond substituents is 1. The highest BCUT2D eigenvalue weighted by molar-refractivity contribution is 8.00. The monoisotopic (exact) mass is 327 g/mol. The summed E-state index contributed by atoms with van der Waals surface area (Å²) in [5, 5.41) is 12.8. The number of rotatable bonds is 4. The second kappa shape index (κ2) is 6.88. The molecule has 0 spiro atoms. The molecule has 0 fully saturated rings. The van der Waals surface area contributed by atoms with Crippen LogP contribution in [0.4, 0.5) is 5.69 Å². The van der Waals surface area contributed by atoms with E-state index in [4.69, 9.17) is 23.2 Å². The fourth-order valence-electron chi connectivity index (χ4n) is 1.51. The number of benzene rings is 2. The fourth-order valence-corrected chi connectivity index (χ4v) is 2.76. The second-order valence-corrected chi connectivity index (χ2v) is 5.79. The Morgan fingerprint density at radius 3 is 2.45 bits per heavy atom. The van der Waals surface area contributed by atoms with Crippen LogP contribution in [0.25, 0.3) is 0 Å². The van der Waals surface area contributed by atoms with Crippen LogP contribution in [0.15, 0.2) is 47.4 Å². The summed E-state index contributed by atoms with van der Waals surface area (Å²) in [6.07, 6.45) is 0. The van der Waals surface area contributed by atoms with Crippen molar-refractivity contribution in [1.82, 2.24) is 0 Å². The number of thioether (sulfide) groups is 1. The Hall–Kier alpha value is -1.36. The van der Waals surface area contributed by atoms with Crippen LogP contribution in [0.5, 0.6) is 5.75 Å². The highest BCUT2D eigenvalue weighted by Crippen LogP contribution is 2.30. The summed E-state index contributed by atoms with van der Waals surface area (Å²) in [6.45, 7) is 0. The molecule has 6 heteroatoms. The van der Waals surface area contributed by atoms with Crippen LogP contribution in [0.2, 0.25) is 10.0 Å². The zero-order valence-corrected chi connectivity index (χ0v) is 12.6. The number of para-hydroxylation sites is 1.